The van der Waals surface area contributed by atoms with Gasteiger partial charge in [0.15, 0.2) is 0 Å². The SMILES string of the molecule is [C-]#[N+]C1CC(C2CCC(OCCCCCCCC)CC2)CCC1C1CCC(CCCCC)CC1. The normalized spacial score (nSPS) is 34.6. The molecule has 0 amide bonds. The van der Waals surface area contributed by atoms with Crippen LogP contribution in [-0.4, -0.2) is 18.8 Å². The van der Waals surface area contributed by atoms with Crippen LogP contribution in [0.4, 0.5) is 0 Å². The number of rotatable bonds is 14. The third kappa shape index (κ3) is 9.15. The van der Waals surface area contributed by atoms with Gasteiger partial charge < -0.3 is 9.58 Å². The van der Waals surface area contributed by atoms with Gasteiger partial charge in [0.05, 0.1) is 6.10 Å². The van der Waals surface area contributed by atoms with Gasteiger partial charge in [0.2, 0.25) is 6.04 Å². The minimum absolute atomic E-state index is 0.321. The highest BCUT2D eigenvalue weighted by Crippen LogP contribution is 2.47. The molecule has 3 unspecified atom stereocenters. The van der Waals surface area contributed by atoms with Crippen molar-refractivity contribution in [1.29, 1.82) is 0 Å². The second-order valence-electron chi connectivity index (χ2n) is 12.4. The molecule has 0 heterocycles. The van der Waals surface area contributed by atoms with Gasteiger partial charge in [0.25, 0.3) is 0 Å². The van der Waals surface area contributed by atoms with E-state index in [1.54, 1.807) is 0 Å². The van der Waals surface area contributed by atoms with Crippen LogP contribution in [0.15, 0.2) is 0 Å². The van der Waals surface area contributed by atoms with E-state index in [4.69, 9.17) is 11.3 Å². The van der Waals surface area contributed by atoms with Gasteiger partial charge in [-0.25, -0.2) is 6.57 Å². The van der Waals surface area contributed by atoms with E-state index in [1.807, 2.05) is 0 Å². The van der Waals surface area contributed by atoms with E-state index in [0.717, 1.165) is 30.3 Å². The van der Waals surface area contributed by atoms with Crippen molar-refractivity contribution in [2.24, 2.45) is 29.6 Å². The molecule has 196 valence electrons. The first-order valence-electron chi connectivity index (χ1n) is 15.7. The van der Waals surface area contributed by atoms with E-state index >= 15 is 0 Å². The molecule has 3 atom stereocenters. The summed E-state index contributed by atoms with van der Waals surface area (Å²) < 4.78 is 6.25. The third-order valence-electron chi connectivity index (χ3n) is 10.0. The smallest absolute Gasteiger partial charge is 0.227 e. The Balaban J connectivity index is 1.31. The summed E-state index contributed by atoms with van der Waals surface area (Å²) in [7, 11) is 0. The highest BCUT2D eigenvalue weighted by molar-refractivity contribution is 4.97. The Morgan fingerprint density at radius 1 is 0.647 bits per heavy atom. The Morgan fingerprint density at radius 3 is 1.97 bits per heavy atom. The molecule has 34 heavy (non-hydrogen) atoms. The molecule has 0 aromatic heterocycles. The maximum Gasteiger partial charge on any atom is 0.227 e. The van der Waals surface area contributed by atoms with Gasteiger partial charge in [-0.05, 0) is 81.5 Å². The summed E-state index contributed by atoms with van der Waals surface area (Å²) in [4.78, 5) is 4.25. The monoisotopic (exact) mass is 471 g/mol. The Kier molecular flexibility index (Phi) is 13.4. The molecule has 0 N–H and O–H groups in total. The van der Waals surface area contributed by atoms with Crippen LogP contribution in [-0.2, 0) is 4.74 Å². The topological polar surface area (TPSA) is 13.6 Å². The summed E-state index contributed by atoms with van der Waals surface area (Å²) in [6, 6.07) is 0.321. The lowest BCUT2D eigenvalue weighted by Gasteiger charge is -2.41. The number of nitrogens with zero attached hydrogens (tertiary/aromatic N) is 1. The van der Waals surface area contributed by atoms with Crippen LogP contribution in [0.5, 0.6) is 0 Å². The zero-order chi connectivity index (χ0) is 24.0. The average molecular weight is 472 g/mol. The quantitative estimate of drug-likeness (QED) is 0.181. The molecular formula is C32H57NO. The van der Waals surface area contributed by atoms with Crippen molar-refractivity contribution in [3.63, 3.8) is 0 Å². The highest BCUT2D eigenvalue weighted by atomic mass is 16.5. The van der Waals surface area contributed by atoms with E-state index in [2.05, 4.69) is 18.7 Å². The van der Waals surface area contributed by atoms with E-state index in [1.165, 1.54) is 135 Å². The molecule has 0 spiro atoms. The van der Waals surface area contributed by atoms with Crippen LogP contribution in [0.2, 0.25) is 0 Å². The fourth-order valence-electron chi connectivity index (χ4n) is 7.78. The summed E-state index contributed by atoms with van der Waals surface area (Å²) in [6.07, 6.45) is 29.2. The average Bonchev–Trinajstić information content (AvgIpc) is 2.89. The van der Waals surface area contributed by atoms with Crippen LogP contribution in [0, 0.1) is 36.2 Å². The standard InChI is InChI=1S/C32H57NO/c1-4-6-8-9-10-12-24-34-30-21-18-27(19-22-30)29-20-23-31(32(25-29)33-3)28-16-14-26(15-17-28)13-11-7-5-2/h26-32H,4-25H2,1-2H3. The lowest BCUT2D eigenvalue weighted by atomic mass is 9.63. The molecule has 3 saturated carbocycles. The minimum atomic E-state index is 0.321. The molecule has 0 aromatic rings. The van der Waals surface area contributed by atoms with E-state index in [0.29, 0.717) is 18.1 Å². The fraction of sp³-hybridized carbons (Fsp3) is 0.969. The molecule has 3 aliphatic carbocycles. The largest absolute Gasteiger partial charge is 0.378 e. The van der Waals surface area contributed by atoms with Gasteiger partial charge in [-0.3, -0.25) is 0 Å². The number of ether oxygens (including phenoxy) is 1. The summed E-state index contributed by atoms with van der Waals surface area (Å²) in [5, 5.41) is 0. The lowest BCUT2D eigenvalue weighted by Crippen LogP contribution is -2.37. The molecule has 3 fully saturated rings. The first-order valence-corrected chi connectivity index (χ1v) is 15.7. The zero-order valence-corrected chi connectivity index (χ0v) is 23.0. The molecule has 0 aliphatic heterocycles. The van der Waals surface area contributed by atoms with Crippen molar-refractivity contribution >= 4 is 0 Å². The number of hydrogen-bond acceptors (Lipinski definition) is 1. The highest BCUT2D eigenvalue weighted by Gasteiger charge is 2.43. The Hall–Kier alpha value is -0.550. The van der Waals surface area contributed by atoms with E-state index in [-0.39, 0.29) is 0 Å². The van der Waals surface area contributed by atoms with Gasteiger partial charge in [-0.1, -0.05) is 84.5 Å². The Morgan fingerprint density at radius 2 is 1.26 bits per heavy atom. The van der Waals surface area contributed by atoms with Crippen molar-refractivity contribution in [2.75, 3.05) is 6.61 Å². The molecule has 0 bridgehead atoms. The van der Waals surface area contributed by atoms with Crippen molar-refractivity contribution in [1.82, 2.24) is 0 Å². The summed E-state index contributed by atoms with van der Waals surface area (Å²) >= 11 is 0. The lowest BCUT2D eigenvalue weighted by molar-refractivity contribution is 0.00328. The van der Waals surface area contributed by atoms with Gasteiger partial charge in [-0.2, -0.15) is 0 Å². The van der Waals surface area contributed by atoms with Crippen LogP contribution in [0.3, 0.4) is 0 Å². The van der Waals surface area contributed by atoms with Crippen molar-refractivity contribution in [3.8, 4) is 0 Å². The summed E-state index contributed by atoms with van der Waals surface area (Å²) in [5.74, 6) is 4.24. The van der Waals surface area contributed by atoms with Gasteiger partial charge in [-0.15, -0.1) is 0 Å². The number of hydrogen-bond donors (Lipinski definition) is 0. The van der Waals surface area contributed by atoms with Crippen LogP contribution in [0.25, 0.3) is 4.85 Å². The summed E-state index contributed by atoms with van der Waals surface area (Å²) in [6.45, 7) is 13.6. The number of unbranched alkanes of at least 4 members (excludes halogenated alkanes) is 7. The Labute approximate surface area is 213 Å². The van der Waals surface area contributed by atoms with Gasteiger partial charge in [0.1, 0.15) is 0 Å². The molecule has 0 aromatic carbocycles. The van der Waals surface area contributed by atoms with Gasteiger partial charge in [0, 0.05) is 18.9 Å². The molecule has 3 aliphatic rings. The second kappa shape index (κ2) is 16.2. The molecule has 2 heteroatoms. The van der Waals surface area contributed by atoms with Crippen molar-refractivity contribution < 1.29 is 4.74 Å². The maximum absolute atomic E-state index is 7.99. The zero-order valence-electron chi connectivity index (χ0n) is 23.0. The molecule has 0 radical (unpaired) electrons. The summed E-state index contributed by atoms with van der Waals surface area (Å²) in [5.41, 5.74) is 0. The molecule has 2 nitrogen and oxygen atoms in total. The van der Waals surface area contributed by atoms with Crippen molar-refractivity contribution in [3.05, 3.63) is 11.4 Å². The van der Waals surface area contributed by atoms with Crippen LogP contribution in [0.1, 0.15) is 149 Å². The first kappa shape index (κ1) is 28.0. The van der Waals surface area contributed by atoms with Crippen LogP contribution >= 0.6 is 0 Å². The molecular weight excluding hydrogens is 414 g/mol. The van der Waals surface area contributed by atoms with Crippen molar-refractivity contribution in [2.45, 2.75) is 161 Å². The fourth-order valence-corrected chi connectivity index (χ4v) is 7.78. The minimum Gasteiger partial charge on any atom is -0.378 e. The van der Waals surface area contributed by atoms with Gasteiger partial charge >= 0.3 is 0 Å². The molecule has 0 saturated heterocycles. The predicted molar refractivity (Wildman–Crippen MR) is 146 cm³/mol. The first-order chi connectivity index (χ1) is 16.7. The molecule has 3 rings (SSSR count). The predicted octanol–water partition coefficient (Wildman–Crippen LogP) is 10.0. The van der Waals surface area contributed by atoms with E-state index in [9.17, 15) is 0 Å². The Bertz CT molecular complexity index is 552. The van der Waals surface area contributed by atoms with E-state index < -0.39 is 0 Å². The second-order valence-corrected chi connectivity index (χ2v) is 12.4. The van der Waals surface area contributed by atoms with Crippen LogP contribution < -0.4 is 0 Å². The third-order valence-corrected chi connectivity index (χ3v) is 10.0. The maximum atomic E-state index is 7.99.